The largest absolute Gasteiger partial charge is 0.294 e. The number of aryl methyl sites for hydroxylation is 1. The summed E-state index contributed by atoms with van der Waals surface area (Å²) < 4.78 is 0. The molecule has 0 amide bonds. The van der Waals surface area contributed by atoms with E-state index in [-0.39, 0.29) is 5.78 Å². The standard InChI is InChI=1S/C11H10BrNO/c1-8-6-9(11(14)4-5-12)2-3-10(8)7-13/h2-3,6H,4-5H2,1H3. The molecular weight excluding hydrogens is 242 g/mol. The van der Waals surface area contributed by atoms with Gasteiger partial charge < -0.3 is 0 Å². The van der Waals surface area contributed by atoms with Crippen LogP contribution in [-0.2, 0) is 0 Å². The van der Waals surface area contributed by atoms with Gasteiger partial charge in [0.05, 0.1) is 11.6 Å². The molecular formula is C11H10BrNO. The van der Waals surface area contributed by atoms with Crippen LogP contribution < -0.4 is 0 Å². The summed E-state index contributed by atoms with van der Waals surface area (Å²) in [5.74, 6) is 0.106. The van der Waals surface area contributed by atoms with Crippen molar-refractivity contribution in [1.82, 2.24) is 0 Å². The van der Waals surface area contributed by atoms with E-state index in [9.17, 15) is 4.79 Å². The molecule has 1 aromatic rings. The Morgan fingerprint density at radius 1 is 1.57 bits per heavy atom. The third-order valence-corrected chi connectivity index (χ3v) is 2.39. The number of Topliss-reactive ketones (excluding diaryl/α,β-unsaturated/α-hetero) is 1. The number of halogens is 1. The molecule has 14 heavy (non-hydrogen) atoms. The molecule has 0 heterocycles. The van der Waals surface area contributed by atoms with Crippen LogP contribution in [0.3, 0.4) is 0 Å². The van der Waals surface area contributed by atoms with Crippen LogP contribution in [0.25, 0.3) is 0 Å². The Morgan fingerprint density at radius 3 is 2.79 bits per heavy atom. The molecule has 0 fully saturated rings. The van der Waals surface area contributed by atoms with Crippen LogP contribution in [0.5, 0.6) is 0 Å². The van der Waals surface area contributed by atoms with Crippen LogP contribution in [-0.4, -0.2) is 11.1 Å². The molecule has 1 rings (SSSR count). The van der Waals surface area contributed by atoms with E-state index in [1.807, 2.05) is 6.92 Å². The molecule has 3 heteroatoms. The summed E-state index contributed by atoms with van der Waals surface area (Å²) in [6, 6.07) is 7.24. The normalized spacial score (nSPS) is 9.50. The molecule has 0 radical (unpaired) electrons. The molecule has 0 saturated heterocycles. The maximum absolute atomic E-state index is 11.5. The van der Waals surface area contributed by atoms with E-state index in [0.717, 1.165) is 5.56 Å². The lowest BCUT2D eigenvalue weighted by molar-refractivity contribution is 0.0990. The fourth-order valence-electron chi connectivity index (χ4n) is 1.19. The first-order valence-electron chi connectivity index (χ1n) is 4.29. The first-order valence-corrected chi connectivity index (χ1v) is 5.41. The summed E-state index contributed by atoms with van der Waals surface area (Å²) in [5, 5.41) is 9.38. The van der Waals surface area contributed by atoms with Gasteiger partial charge in [0.25, 0.3) is 0 Å². The van der Waals surface area contributed by atoms with Crippen molar-refractivity contribution in [1.29, 1.82) is 5.26 Å². The van der Waals surface area contributed by atoms with E-state index in [4.69, 9.17) is 5.26 Å². The Labute approximate surface area is 91.7 Å². The predicted octanol–water partition coefficient (Wildman–Crippen LogP) is 2.83. The summed E-state index contributed by atoms with van der Waals surface area (Å²) in [6.45, 7) is 1.84. The molecule has 0 bridgehead atoms. The number of benzene rings is 1. The Balaban J connectivity index is 2.98. The van der Waals surface area contributed by atoms with Crippen molar-refractivity contribution < 1.29 is 4.79 Å². The molecule has 0 spiro atoms. The average Bonchev–Trinajstić information content (AvgIpc) is 2.18. The van der Waals surface area contributed by atoms with Gasteiger partial charge >= 0.3 is 0 Å². The number of hydrogen-bond acceptors (Lipinski definition) is 2. The second-order valence-electron chi connectivity index (χ2n) is 3.00. The van der Waals surface area contributed by atoms with E-state index in [1.54, 1.807) is 18.2 Å². The SMILES string of the molecule is Cc1cc(C(=O)CCBr)ccc1C#N. The number of ketones is 1. The molecule has 0 unspecified atom stereocenters. The highest BCUT2D eigenvalue weighted by molar-refractivity contribution is 9.09. The first kappa shape index (κ1) is 10.9. The van der Waals surface area contributed by atoms with Gasteiger partial charge in [-0.15, -0.1) is 0 Å². The number of nitriles is 1. The van der Waals surface area contributed by atoms with Gasteiger partial charge in [-0.25, -0.2) is 0 Å². The van der Waals surface area contributed by atoms with Crippen LogP contribution in [0.2, 0.25) is 0 Å². The van der Waals surface area contributed by atoms with Crippen molar-refractivity contribution in [3.05, 3.63) is 34.9 Å². The summed E-state index contributed by atoms with van der Waals surface area (Å²) in [5.41, 5.74) is 2.16. The predicted molar refractivity (Wildman–Crippen MR) is 58.6 cm³/mol. The maximum atomic E-state index is 11.5. The third-order valence-electron chi connectivity index (χ3n) is 1.99. The Hall–Kier alpha value is -1.14. The Kier molecular flexibility index (Phi) is 3.84. The Morgan fingerprint density at radius 2 is 2.29 bits per heavy atom. The second kappa shape index (κ2) is 4.92. The van der Waals surface area contributed by atoms with Gasteiger partial charge in [0.1, 0.15) is 0 Å². The van der Waals surface area contributed by atoms with Gasteiger partial charge in [-0.1, -0.05) is 22.0 Å². The monoisotopic (exact) mass is 251 g/mol. The fourth-order valence-corrected chi connectivity index (χ4v) is 1.55. The van der Waals surface area contributed by atoms with Gasteiger partial charge in [-0.2, -0.15) is 5.26 Å². The van der Waals surface area contributed by atoms with E-state index in [0.29, 0.717) is 22.9 Å². The van der Waals surface area contributed by atoms with E-state index >= 15 is 0 Å². The molecule has 0 atom stereocenters. The van der Waals surface area contributed by atoms with Gasteiger partial charge in [0.2, 0.25) is 0 Å². The molecule has 72 valence electrons. The van der Waals surface area contributed by atoms with Crippen LogP contribution in [0.1, 0.15) is 27.9 Å². The number of alkyl halides is 1. The number of nitrogens with zero attached hydrogens (tertiary/aromatic N) is 1. The molecule has 0 aliphatic carbocycles. The van der Waals surface area contributed by atoms with Gasteiger partial charge in [-0.3, -0.25) is 4.79 Å². The Bertz CT molecular complexity index is 393. The third kappa shape index (κ3) is 2.43. The number of rotatable bonds is 3. The van der Waals surface area contributed by atoms with Gasteiger partial charge in [0.15, 0.2) is 5.78 Å². The van der Waals surface area contributed by atoms with Crippen molar-refractivity contribution in [3.8, 4) is 6.07 Å². The van der Waals surface area contributed by atoms with Crippen LogP contribution in [0, 0.1) is 18.3 Å². The highest BCUT2D eigenvalue weighted by atomic mass is 79.9. The second-order valence-corrected chi connectivity index (χ2v) is 3.80. The van der Waals surface area contributed by atoms with E-state index in [1.165, 1.54) is 0 Å². The number of carbonyl (C=O) groups excluding carboxylic acids is 1. The minimum absolute atomic E-state index is 0.106. The first-order chi connectivity index (χ1) is 6.69. The smallest absolute Gasteiger partial charge is 0.163 e. The lowest BCUT2D eigenvalue weighted by Gasteiger charge is -2.01. The zero-order valence-corrected chi connectivity index (χ0v) is 9.47. The number of hydrogen-bond donors (Lipinski definition) is 0. The minimum Gasteiger partial charge on any atom is -0.294 e. The molecule has 0 N–H and O–H groups in total. The lowest BCUT2D eigenvalue weighted by atomic mass is 10.0. The average molecular weight is 252 g/mol. The van der Waals surface area contributed by atoms with Crippen molar-refractivity contribution in [3.63, 3.8) is 0 Å². The summed E-state index contributed by atoms with van der Waals surface area (Å²) in [4.78, 5) is 11.5. The van der Waals surface area contributed by atoms with Gasteiger partial charge in [0, 0.05) is 17.3 Å². The minimum atomic E-state index is 0.106. The molecule has 0 aliphatic rings. The van der Waals surface area contributed by atoms with Crippen LogP contribution in [0.15, 0.2) is 18.2 Å². The van der Waals surface area contributed by atoms with E-state index in [2.05, 4.69) is 22.0 Å². The highest BCUT2D eigenvalue weighted by Gasteiger charge is 2.06. The highest BCUT2D eigenvalue weighted by Crippen LogP contribution is 2.12. The van der Waals surface area contributed by atoms with Crippen LogP contribution >= 0.6 is 15.9 Å². The molecule has 0 aliphatic heterocycles. The quantitative estimate of drug-likeness (QED) is 0.613. The van der Waals surface area contributed by atoms with Gasteiger partial charge in [-0.05, 0) is 24.6 Å². The summed E-state index contributed by atoms with van der Waals surface area (Å²) >= 11 is 3.22. The van der Waals surface area contributed by atoms with Crippen LogP contribution in [0.4, 0.5) is 0 Å². The molecule has 1 aromatic carbocycles. The van der Waals surface area contributed by atoms with Crippen molar-refractivity contribution >= 4 is 21.7 Å². The van der Waals surface area contributed by atoms with Crippen molar-refractivity contribution in [2.24, 2.45) is 0 Å². The van der Waals surface area contributed by atoms with Crippen molar-refractivity contribution in [2.75, 3.05) is 5.33 Å². The van der Waals surface area contributed by atoms with Crippen molar-refractivity contribution in [2.45, 2.75) is 13.3 Å². The summed E-state index contributed by atoms with van der Waals surface area (Å²) in [6.07, 6.45) is 0.491. The lowest BCUT2D eigenvalue weighted by Crippen LogP contribution is -2.00. The molecule has 0 aromatic heterocycles. The molecule has 0 saturated carbocycles. The zero-order chi connectivity index (χ0) is 10.6. The molecule has 2 nitrogen and oxygen atoms in total. The topological polar surface area (TPSA) is 40.9 Å². The zero-order valence-electron chi connectivity index (χ0n) is 7.88. The fraction of sp³-hybridized carbons (Fsp3) is 0.273. The van der Waals surface area contributed by atoms with E-state index < -0.39 is 0 Å². The maximum Gasteiger partial charge on any atom is 0.163 e. The summed E-state index contributed by atoms with van der Waals surface area (Å²) in [7, 11) is 0. The number of carbonyl (C=O) groups is 1.